The van der Waals surface area contributed by atoms with Crippen molar-refractivity contribution in [2.24, 2.45) is 58.0 Å². The molecular weight excluding hydrogens is 611 g/mol. The van der Waals surface area contributed by atoms with Crippen molar-refractivity contribution in [1.82, 2.24) is 10.6 Å². The van der Waals surface area contributed by atoms with Crippen LogP contribution in [0, 0.1) is 52.3 Å². The molecule has 0 radical (unpaired) electrons. The molecule has 0 saturated heterocycles. The molecule has 276 valence electrons. The van der Waals surface area contributed by atoms with Crippen LogP contribution in [0.4, 0.5) is 0 Å². The first-order valence-electron chi connectivity index (χ1n) is 19.8. The third-order valence-corrected chi connectivity index (χ3v) is 14.6. The molecule has 9 heteroatoms. The molecular formula is C38H73N3O5S. The van der Waals surface area contributed by atoms with E-state index in [2.05, 4.69) is 31.4 Å². The summed E-state index contributed by atoms with van der Waals surface area (Å²) in [5, 5.41) is 19.4. The summed E-state index contributed by atoms with van der Waals surface area (Å²) < 4.78 is 37.2. The molecule has 0 bridgehead atoms. The molecule has 0 spiro atoms. The number of fused-ring (bicyclic) bond motifs is 5. The van der Waals surface area contributed by atoms with Crippen LogP contribution < -0.4 is 16.4 Å². The highest BCUT2D eigenvalue weighted by atomic mass is 32.3. The van der Waals surface area contributed by atoms with Gasteiger partial charge in [-0.15, -0.1) is 0 Å². The summed E-state index contributed by atoms with van der Waals surface area (Å²) in [6.45, 7) is 15.5. The zero-order valence-corrected chi connectivity index (χ0v) is 31.5. The molecule has 11 atom stereocenters. The van der Waals surface area contributed by atoms with Crippen LogP contribution in [0.3, 0.4) is 0 Å². The van der Waals surface area contributed by atoms with Gasteiger partial charge in [0.1, 0.15) is 0 Å². The maximum Gasteiger partial charge on any atom is 0.397 e. The minimum absolute atomic E-state index is 0.0154. The van der Waals surface area contributed by atoms with Crippen molar-refractivity contribution in [3.63, 3.8) is 0 Å². The van der Waals surface area contributed by atoms with E-state index in [0.717, 1.165) is 39.0 Å². The van der Waals surface area contributed by atoms with Crippen molar-refractivity contribution >= 4 is 10.4 Å². The second kappa shape index (κ2) is 17.8. The van der Waals surface area contributed by atoms with E-state index >= 15 is 0 Å². The van der Waals surface area contributed by atoms with Crippen molar-refractivity contribution < 1.29 is 22.3 Å². The fourth-order valence-electron chi connectivity index (χ4n) is 11.4. The summed E-state index contributed by atoms with van der Waals surface area (Å²) in [4.78, 5) is 0. The van der Waals surface area contributed by atoms with E-state index in [4.69, 9.17) is 9.92 Å². The number of hydrogen-bond donors (Lipinski definition) is 5. The first-order chi connectivity index (χ1) is 22.3. The van der Waals surface area contributed by atoms with Gasteiger partial charge in [-0.1, -0.05) is 60.3 Å². The molecule has 4 fully saturated rings. The average molecular weight is 684 g/mol. The molecule has 0 aromatic rings. The fraction of sp³-hybridized carbons (Fsp3) is 1.00. The van der Waals surface area contributed by atoms with E-state index in [-0.39, 0.29) is 17.4 Å². The zero-order valence-electron chi connectivity index (χ0n) is 30.7. The van der Waals surface area contributed by atoms with Gasteiger partial charge in [-0.2, -0.15) is 8.42 Å². The standard InChI is InChI=1S/C38H73N3O5S/c1-27(2)35(46-47(43,44)45)16-13-28(3)31-14-15-32-36-33(18-20-38(31,32)5)37(4)19-17-30(25-29(37)26-34(36)42)41-24-12-23-40-22-11-9-7-6-8-10-21-39/h27-36,40-42H,6-26,39H2,1-5H3,(H,43,44,45)/t28-,29-,30+,31-,32?,33?,34-,35+,36?,37+,38-/m1/s1. The molecule has 4 aliphatic rings. The Balaban J connectivity index is 1.23. The molecule has 4 aliphatic carbocycles. The number of rotatable bonds is 20. The van der Waals surface area contributed by atoms with E-state index in [0.29, 0.717) is 53.4 Å². The molecule has 0 aromatic heterocycles. The molecule has 0 aliphatic heterocycles. The van der Waals surface area contributed by atoms with Gasteiger partial charge in [0.15, 0.2) is 0 Å². The Bertz CT molecular complexity index is 1040. The number of nitrogens with one attached hydrogen (secondary N) is 2. The maximum atomic E-state index is 11.8. The quantitative estimate of drug-likeness (QED) is 0.0677. The topological polar surface area (TPSA) is 134 Å². The van der Waals surface area contributed by atoms with Crippen LogP contribution in [0.1, 0.15) is 144 Å². The highest BCUT2D eigenvalue weighted by Gasteiger charge is 2.62. The lowest BCUT2D eigenvalue weighted by Gasteiger charge is -2.62. The van der Waals surface area contributed by atoms with E-state index < -0.39 is 16.5 Å². The van der Waals surface area contributed by atoms with Gasteiger partial charge in [0.25, 0.3) is 0 Å². The summed E-state index contributed by atoms with van der Waals surface area (Å²) in [6, 6.07) is 0.579. The smallest absolute Gasteiger partial charge is 0.393 e. The van der Waals surface area contributed by atoms with Crippen LogP contribution in [0.2, 0.25) is 0 Å². The van der Waals surface area contributed by atoms with Crippen LogP contribution >= 0.6 is 0 Å². The summed E-state index contributed by atoms with van der Waals surface area (Å²) in [5.41, 5.74) is 6.13. The lowest BCUT2D eigenvalue weighted by molar-refractivity contribution is -0.167. The number of aliphatic hydroxyl groups excluding tert-OH is 1. The lowest BCUT2D eigenvalue weighted by Crippen LogP contribution is -2.59. The molecule has 47 heavy (non-hydrogen) atoms. The minimum Gasteiger partial charge on any atom is -0.393 e. The lowest BCUT2D eigenvalue weighted by atomic mass is 9.43. The Morgan fingerprint density at radius 1 is 0.830 bits per heavy atom. The van der Waals surface area contributed by atoms with Gasteiger partial charge in [-0.05, 0) is 162 Å². The van der Waals surface area contributed by atoms with Gasteiger partial charge in [-0.3, -0.25) is 4.55 Å². The third kappa shape index (κ3) is 10.2. The van der Waals surface area contributed by atoms with E-state index in [1.807, 2.05) is 13.8 Å². The summed E-state index contributed by atoms with van der Waals surface area (Å²) in [7, 11) is -4.46. The average Bonchev–Trinajstić information content (AvgIpc) is 3.36. The molecule has 0 aromatic carbocycles. The van der Waals surface area contributed by atoms with E-state index in [9.17, 15) is 18.1 Å². The number of nitrogens with two attached hydrogens (primary N) is 1. The van der Waals surface area contributed by atoms with Crippen LogP contribution in [-0.4, -0.2) is 62.5 Å². The fourth-order valence-corrected chi connectivity index (χ4v) is 12.0. The summed E-state index contributed by atoms with van der Waals surface area (Å²) in [5.74, 6) is 3.22. The van der Waals surface area contributed by atoms with Gasteiger partial charge in [0.05, 0.1) is 12.2 Å². The van der Waals surface area contributed by atoms with Crippen molar-refractivity contribution in [3.05, 3.63) is 0 Å². The zero-order chi connectivity index (χ0) is 34.2. The number of hydrogen-bond acceptors (Lipinski definition) is 7. The van der Waals surface area contributed by atoms with Crippen molar-refractivity contribution in [2.75, 3.05) is 26.2 Å². The molecule has 6 N–H and O–H groups in total. The Labute approximate surface area is 288 Å². The van der Waals surface area contributed by atoms with Crippen molar-refractivity contribution in [1.29, 1.82) is 0 Å². The van der Waals surface area contributed by atoms with Gasteiger partial charge in [0.2, 0.25) is 0 Å². The van der Waals surface area contributed by atoms with Crippen LogP contribution in [-0.2, 0) is 14.6 Å². The molecule has 0 amide bonds. The Hall–Kier alpha value is -0.290. The van der Waals surface area contributed by atoms with Gasteiger partial charge in [-0.25, -0.2) is 4.18 Å². The minimum atomic E-state index is -4.46. The highest BCUT2D eigenvalue weighted by molar-refractivity contribution is 7.80. The summed E-state index contributed by atoms with van der Waals surface area (Å²) >= 11 is 0. The highest BCUT2D eigenvalue weighted by Crippen LogP contribution is 2.68. The SMILES string of the molecule is CC(C)[C@H](CC[C@@H](C)[C@H]1CCC2C3C(CC[C@@]21C)[C@@]1(C)CC[C@H](NCCCNCCCCCCCCN)C[C@@H]1C[C@H]3O)OS(=O)(=O)O. The largest absolute Gasteiger partial charge is 0.397 e. The van der Waals surface area contributed by atoms with Gasteiger partial charge in [0, 0.05) is 6.04 Å². The van der Waals surface area contributed by atoms with E-state index in [1.54, 1.807) is 0 Å². The Morgan fingerprint density at radius 3 is 2.19 bits per heavy atom. The second-order valence-electron chi connectivity index (χ2n) is 17.3. The molecule has 8 nitrogen and oxygen atoms in total. The van der Waals surface area contributed by atoms with Crippen molar-refractivity contribution in [3.8, 4) is 0 Å². The maximum absolute atomic E-state index is 11.8. The summed E-state index contributed by atoms with van der Waals surface area (Å²) in [6.07, 6.45) is 19.3. The normalized spacial score (nSPS) is 36.9. The monoisotopic (exact) mass is 684 g/mol. The first kappa shape index (κ1) is 39.5. The number of aliphatic hydroxyl groups is 1. The first-order valence-corrected chi connectivity index (χ1v) is 21.1. The van der Waals surface area contributed by atoms with Gasteiger partial charge < -0.3 is 21.5 Å². The molecule has 4 saturated carbocycles. The molecule has 0 heterocycles. The number of unbranched alkanes of at least 4 members (excludes halogenated alkanes) is 5. The van der Waals surface area contributed by atoms with Crippen LogP contribution in [0.15, 0.2) is 0 Å². The van der Waals surface area contributed by atoms with Crippen LogP contribution in [0.5, 0.6) is 0 Å². The Morgan fingerprint density at radius 2 is 1.49 bits per heavy atom. The van der Waals surface area contributed by atoms with Gasteiger partial charge >= 0.3 is 10.4 Å². The third-order valence-electron chi connectivity index (χ3n) is 14.1. The van der Waals surface area contributed by atoms with Crippen molar-refractivity contribution in [2.45, 2.75) is 162 Å². The predicted octanol–water partition coefficient (Wildman–Crippen LogP) is 7.11. The predicted molar refractivity (Wildman–Crippen MR) is 192 cm³/mol. The molecule has 3 unspecified atom stereocenters. The molecule has 4 rings (SSSR count). The van der Waals surface area contributed by atoms with E-state index in [1.165, 1.54) is 89.9 Å². The second-order valence-corrected chi connectivity index (χ2v) is 18.4. The Kier molecular flexibility index (Phi) is 14.9. The van der Waals surface area contributed by atoms with Crippen LogP contribution in [0.25, 0.3) is 0 Å².